The average molecular weight is 298 g/mol. The molecule has 0 aliphatic carbocycles. The Kier molecular flexibility index (Phi) is 4.96. The van der Waals surface area contributed by atoms with Gasteiger partial charge in [0.05, 0.1) is 0 Å². The third-order valence-electron chi connectivity index (χ3n) is 4.51. The Morgan fingerprint density at radius 2 is 1.68 bits per heavy atom. The zero-order valence-corrected chi connectivity index (χ0v) is 13.7. The number of aryl methyl sites for hydroxylation is 2. The number of furan rings is 1. The fourth-order valence-electron chi connectivity index (χ4n) is 3.00. The van der Waals surface area contributed by atoms with Gasteiger partial charge in [-0.25, -0.2) is 0 Å². The molecule has 1 fully saturated rings. The topological polar surface area (TPSA) is 19.6 Å². The van der Waals surface area contributed by atoms with Gasteiger partial charge >= 0.3 is 0 Å². The monoisotopic (exact) mass is 298 g/mol. The minimum absolute atomic E-state index is 0.960. The summed E-state index contributed by atoms with van der Waals surface area (Å²) in [7, 11) is 2.21. The molecule has 0 amide bonds. The van der Waals surface area contributed by atoms with Crippen molar-refractivity contribution in [2.75, 3.05) is 39.8 Å². The SMILES string of the molecule is Cc1ccc(-c2ccc(CCCN3CCN(C)CC3)cc2)o1. The van der Waals surface area contributed by atoms with Crippen molar-refractivity contribution in [3.63, 3.8) is 0 Å². The summed E-state index contributed by atoms with van der Waals surface area (Å²) in [6, 6.07) is 12.9. The molecule has 1 aromatic heterocycles. The number of nitrogens with zero attached hydrogens (tertiary/aromatic N) is 2. The number of hydrogen-bond donors (Lipinski definition) is 0. The molecule has 0 bridgehead atoms. The Balaban J connectivity index is 1.47. The first-order valence-corrected chi connectivity index (χ1v) is 8.27. The highest BCUT2D eigenvalue weighted by Gasteiger charge is 2.12. The number of hydrogen-bond acceptors (Lipinski definition) is 3. The molecule has 0 spiro atoms. The zero-order valence-electron chi connectivity index (χ0n) is 13.7. The van der Waals surface area contributed by atoms with Crippen LogP contribution < -0.4 is 0 Å². The van der Waals surface area contributed by atoms with Crippen molar-refractivity contribution in [1.29, 1.82) is 0 Å². The highest BCUT2D eigenvalue weighted by Crippen LogP contribution is 2.22. The number of piperazine rings is 1. The molecule has 118 valence electrons. The van der Waals surface area contributed by atoms with Gasteiger partial charge in [-0.05, 0) is 51.1 Å². The summed E-state index contributed by atoms with van der Waals surface area (Å²) in [5.74, 6) is 1.92. The largest absolute Gasteiger partial charge is 0.461 e. The van der Waals surface area contributed by atoms with Gasteiger partial charge in [0, 0.05) is 31.7 Å². The van der Waals surface area contributed by atoms with Crippen LogP contribution in [0.5, 0.6) is 0 Å². The molecule has 0 radical (unpaired) electrons. The Hall–Kier alpha value is -1.58. The minimum Gasteiger partial charge on any atom is -0.461 e. The van der Waals surface area contributed by atoms with E-state index >= 15 is 0 Å². The summed E-state index contributed by atoms with van der Waals surface area (Å²) >= 11 is 0. The molecule has 1 aliphatic rings. The Labute approximate surface area is 133 Å². The lowest BCUT2D eigenvalue weighted by atomic mass is 10.1. The molecule has 3 rings (SSSR count). The van der Waals surface area contributed by atoms with Gasteiger partial charge in [0.25, 0.3) is 0 Å². The van der Waals surface area contributed by atoms with Crippen molar-refractivity contribution in [3.8, 4) is 11.3 Å². The molecule has 2 heterocycles. The third-order valence-corrected chi connectivity index (χ3v) is 4.51. The molecular weight excluding hydrogens is 272 g/mol. The molecule has 2 aromatic rings. The van der Waals surface area contributed by atoms with Crippen LogP contribution in [0.4, 0.5) is 0 Å². The summed E-state index contributed by atoms with van der Waals surface area (Å²) in [6.07, 6.45) is 2.40. The number of likely N-dealkylation sites (N-methyl/N-ethyl adjacent to an activating group) is 1. The van der Waals surface area contributed by atoms with Crippen molar-refractivity contribution >= 4 is 0 Å². The van der Waals surface area contributed by atoms with E-state index in [1.165, 1.54) is 44.7 Å². The lowest BCUT2D eigenvalue weighted by Gasteiger charge is -2.32. The molecule has 1 aliphatic heterocycles. The Morgan fingerprint density at radius 3 is 2.32 bits per heavy atom. The van der Waals surface area contributed by atoms with E-state index in [9.17, 15) is 0 Å². The molecular formula is C19H26N2O. The van der Waals surface area contributed by atoms with Gasteiger partial charge < -0.3 is 14.2 Å². The maximum atomic E-state index is 5.67. The molecule has 0 unspecified atom stereocenters. The minimum atomic E-state index is 0.960. The third kappa shape index (κ3) is 3.99. The van der Waals surface area contributed by atoms with Gasteiger partial charge in [0.1, 0.15) is 11.5 Å². The predicted molar refractivity (Wildman–Crippen MR) is 91.1 cm³/mol. The molecule has 3 heteroatoms. The molecule has 0 saturated carbocycles. The predicted octanol–water partition coefficient (Wildman–Crippen LogP) is 3.44. The molecule has 3 nitrogen and oxygen atoms in total. The first-order valence-electron chi connectivity index (χ1n) is 8.27. The zero-order chi connectivity index (χ0) is 15.4. The second-order valence-corrected chi connectivity index (χ2v) is 6.36. The van der Waals surface area contributed by atoms with Crippen LogP contribution in [0.15, 0.2) is 40.8 Å². The van der Waals surface area contributed by atoms with Gasteiger partial charge in [-0.15, -0.1) is 0 Å². The van der Waals surface area contributed by atoms with Gasteiger partial charge in [-0.2, -0.15) is 0 Å². The number of benzene rings is 1. The van der Waals surface area contributed by atoms with E-state index in [0.717, 1.165) is 23.5 Å². The standard InChI is InChI=1S/C19H26N2O/c1-16-5-10-19(22-16)18-8-6-17(7-9-18)4-3-11-21-14-12-20(2)13-15-21/h5-10H,3-4,11-15H2,1-2H3. The lowest BCUT2D eigenvalue weighted by molar-refractivity contribution is 0.153. The van der Waals surface area contributed by atoms with Gasteiger partial charge in [0.15, 0.2) is 0 Å². The van der Waals surface area contributed by atoms with Crippen LogP contribution in [-0.4, -0.2) is 49.6 Å². The quantitative estimate of drug-likeness (QED) is 0.843. The second kappa shape index (κ2) is 7.12. The fourth-order valence-corrected chi connectivity index (χ4v) is 3.00. The normalized spacial score (nSPS) is 17.0. The summed E-state index contributed by atoms with van der Waals surface area (Å²) in [5, 5.41) is 0. The summed E-state index contributed by atoms with van der Waals surface area (Å²) in [5.41, 5.74) is 2.58. The first kappa shape index (κ1) is 15.3. The van der Waals surface area contributed by atoms with E-state index in [-0.39, 0.29) is 0 Å². The van der Waals surface area contributed by atoms with E-state index in [4.69, 9.17) is 4.42 Å². The van der Waals surface area contributed by atoms with Crippen LogP contribution in [0.25, 0.3) is 11.3 Å². The summed E-state index contributed by atoms with van der Waals surface area (Å²) < 4.78 is 5.67. The molecule has 22 heavy (non-hydrogen) atoms. The van der Waals surface area contributed by atoms with E-state index < -0.39 is 0 Å². The van der Waals surface area contributed by atoms with E-state index in [1.54, 1.807) is 0 Å². The van der Waals surface area contributed by atoms with Gasteiger partial charge in [-0.1, -0.05) is 24.3 Å². The van der Waals surface area contributed by atoms with Crippen molar-refractivity contribution in [1.82, 2.24) is 9.80 Å². The van der Waals surface area contributed by atoms with Crippen LogP contribution in [0.3, 0.4) is 0 Å². The molecule has 1 aromatic carbocycles. The smallest absolute Gasteiger partial charge is 0.134 e. The van der Waals surface area contributed by atoms with Gasteiger partial charge in [-0.3, -0.25) is 0 Å². The van der Waals surface area contributed by atoms with Crippen LogP contribution >= 0.6 is 0 Å². The van der Waals surface area contributed by atoms with Crippen molar-refractivity contribution in [2.45, 2.75) is 19.8 Å². The highest BCUT2D eigenvalue weighted by molar-refractivity contribution is 5.57. The first-order chi connectivity index (χ1) is 10.7. The van der Waals surface area contributed by atoms with Gasteiger partial charge in [0.2, 0.25) is 0 Å². The van der Waals surface area contributed by atoms with Crippen LogP contribution in [-0.2, 0) is 6.42 Å². The van der Waals surface area contributed by atoms with Crippen LogP contribution in [0.2, 0.25) is 0 Å². The van der Waals surface area contributed by atoms with Crippen molar-refractivity contribution in [2.24, 2.45) is 0 Å². The maximum absolute atomic E-state index is 5.67. The van der Waals surface area contributed by atoms with Crippen molar-refractivity contribution < 1.29 is 4.42 Å². The van der Waals surface area contributed by atoms with E-state index in [2.05, 4.69) is 41.1 Å². The number of rotatable bonds is 5. The Bertz CT molecular complexity index is 580. The molecule has 1 saturated heterocycles. The maximum Gasteiger partial charge on any atom is 0.134 e. The summed E-state index contributed by atoms with van der Waals surface area (Å²) in [6.45, 7) is 8.04. The summed E-state index contributed by atoms with van der Waals surface area (Å²) in [4.78, 5) is 4.99. The van der Waals surface area contributed by atoms with E-state index in [0.29, 0.717) is 0 Å². The highest BCUT2D eigenvalue weighted by atomic mass is 16.3. The Morgan fingerprint density at radius 1 is 0.955 bits per heavy atom. The average Bonchev–Trinajstić information content (AvgIpc) is 2.97. The van der Waals surface area contributed by atoms with Crippen LogP contribution in [0, 0.1) is 6.92 Å². The lowest BCUT2D eigenvalue weighted by Crippen LogP contribution is -2.44. The fraction of sp³-hybridized carbons (Fsp3) is 0.474. The van der Waals surface area contributed by atoms with E-state index in [1.807, 2.05) is 19.1 Å². The van der Waals surface area contributed by atoms with Crippen molar-refractivity contribution in [3.05, 3.63) is 47.7 Å². The molecule has 0 N–H and O–H groups in total. The molecule has 0 atom stereocenters. The second-order valence-electron chi connectivity index (χ2n) is 6.36. The van der Waals surface area contributed by atoms with Crippen LogP contribution in [0.1, 0.15) is 17.7 Å².